The van der Waals surface area contributed by atoms with Gasteiger partial charge in [-0.1, -0.05) is 31.2 Å². The third-order valence-electron chi connectivity index (χ3n) is 5.19. The summed E-state index contributed by atoms with van der Waals surface area (Å²) in [4.78, 5) is 17.1. The summed E-state index contributed by atoms with van der Waals surface area (Å²) in [5, 5.41) is 10.6. The van der Waals surface area contributed by atoms with Gasteiger partial charge < -0.3 is 9.73 Å². The van der Waals surface area contributed by atoms with E-state index in [1.807, 2.05) is 18.2 Å². The van der Waals surface area contributed by atoms with Crippen molar-refractivity contribution in [1.82, 2.24) is 20.1 Å². The molecule has 0 radical (unpaired) electrons. The Hall–Kier alpha value is -2.93. The van der Waals surface area contributed by atoms with Crippen molar-refractivity contribution in [2.24, 2.45) is 7.05 Å². The standard InChI is InChI=1S/C21H25N5O2/c1-3-14-4-6-15(7-5-14)17-8-9-18(28-17)20(27)24-21-23-19(25-26(21)2)16-10-12-22-13-11-16/h4-9,16,22H,3,10-13H2,1-2H3,(H,23,24,25,27). The van der Waals surface area contributed by atoms with E-state index in [9.17, 15) is 4.79 Å². The molecule has 1 aliphatic heterocycles. The number of benzene rings is 1. The van der Waals surface area contributed by atoms with Crippen LogP contribution in [0.15, 0.2) is 40.8 Å². The van der Waals surface area contributed by atoms with E-state index in [0.29, 0.717) is 17.6 Å². The fourth-order valence-electron chi connectivity index (χ4n) is 3.45. The number of rotatable bonds is 5. The summed E-state index contributed by atoms with van der Waals surface area (Å²) >= 11 is 0. The van der Waals surface area contributed by atoms with Crippen LogP contribution in [0, 0.1) is 0 Å². The van der Waals surface area contributed by atoms with Gasteiger partial charge in [0.25, 0.3) is 5.91 Å². The molecule has 4 rings (SSSR count). The lowest BCUT2D eigenvalue weighted by atomic mass is 9.98. The number of piperidine rings is 1. The fourth-order valence-corrected chi connectivity index (χ4v) is 3.45. The number of hydrogen-bond acceptors (Lipinski definition) is 5. The molecule has 1 fully saturated rings. The van der Waals surface area contributed by atoms with Crippen molar-refractivity contribution in [3.05, 3.63) is 53.5 Å². The Morgan fingerprint density at radius 3 is 2.68 bits per heavy atom. The molecule has 0 bridgehead atoms. The van der Waals surface area contributed by atoms with Gasteiger partial charge in [-0.3, -0.25) is 10.1 Å². The van der Waals surface area contributed by atoms with Crippen LogP contribution in [0.5, 0.6) is 0 Å². The number of furan rings is 1. The molecule has 1 aliphatic rings. The van der Waals surface area contributed by atoms with Crippen LogP contribution in [0.25, 0.3) is 11.3 Å². The second-order valence-corrected chi connectivity index (χ2v) is 7.11. The molecule has 1 saturated heterocycles. The van der Waals surface area contributed by atoms with Crippen molar-refractivity contribution in [2.45, 2.75) is 32.1 Å². The van der Waals surface area contributed by atoms with Gasteiger partial charge in [0, 0.05) is 18.5 Å². The molecule has 146 valence electrons. The van der Waals surface area contributed by atoms with Gasteiger partial charge in [0.15, 0.2) is 11.6 Å². The molecule has 3 aromatic rings. The van der Waals surface area contributed by atoms with E-state index in [1.54, 1.807) is 17.8 Å². The average Bonchev–Trinajstić information content (AvgIpc) is 3.36. The molecule has 0 aliphatic carbocycles. The molecular formula is C21H25N5O2. The molecule has 0 atom stereocenters. The second kappa shape index (κ2) is 7.98. The summed E-state index contributed by atoms with van der Waals surface area (Å²) in [5.41, 5.74) is 2.21. The molecule has 1 aromatic carbocycles. The highest BCUT2D eigenvalue weighted by molar-refractivity contribution is 6.01. The first-order chi connectivity index (χ1) is 13.6. The molecule has 3 heterocycles. The summed E-state index contributed by atoms with van der Waals surface area (Å²) in [5.74, 6) is 2.14. The number of hydrogen-bond donors (Lipinski definition) is 2. The second-order valence-electron chi connectivity index (χ2n) is 7.11. The average molecular weight is 379 g/mol. The molecule has 28 heavy (non-hydrogen) atoms. The van der Waals surface area contributed by atoms with E-state index >= 15 is 0 Å². The van der Waals surface area contributed by atoms with Gasteiger partial charge in [0.05, 0.1) is 0 Å². The maximum absolute atomic E-state index is 12.6. The number of nitrogens with one attached hydrogen (secondary N) is 2. The number of carbonyl (C=O) groups is 1. The van der Waals surface area contributed by atoms with Crippen molar-refractivity contribution in [3.8, 4) is 11.3 Å². The van der Waals surface area contributed by atoms with E-state index in [0.717, 1.165) is 43.7 Å². The van der Waals surface area contributed by atoms with Gasteiger partial charge >= 0.3 is 0 Å². The van der Waals surface area contributed by atoms with Crippen molar-refractivity contribution in [2.75, 3.05) is 18.4 Å². The predicted octanol–water partition coefficient (Wildman–Crippen LogP) is 3.36. The Bertz CT molecular complexity index is 952. The van der Waals surface area contributed by atoms with E-state index in [-0.39, 0.29) is 11.7 Å². The summed E-state index contributed by atoms with van der Waals surface area (Å²) in [7, 11) is 1.79. The SMILES string of the molecule is CCc1ccc(-c2ccc(C(=O)Nc3nc(C4CCNCC4)nn3C)o2)cc1. The lowest BCUT2D eigenvalue weighted by Crippen LogP contribution is -2.27. The van der Waals surface area contributed by atoms with Crippen LogP contribution in [-0.2, 0) is 13.5 Å². The van der Waals surface area contributed by atoms with E-state index < -0.39 is 0 Å². The smallest absolute Gasteiger partial charge is 0.293 e. The van der Waals surface area contributed by atoms with Crippen molar-refractivity contribution in [1.29, 1.82) is 0 Å². The predicted molar refractivity (Wildman–Crippen MR) is 107 cm³/mol. The number of carbonyl (C=O) groups excluding carboxylic acids is 1. The van der Waals surface area contributed by atoms with E-state index in [2.05, 4.69) is 39.8 Å². The summed E-state index contributed by atoms with van der Waals surface area (Å²) in [6.07, 6.45) is 3.01. The Morgan fingerprint density at radius 1 is 1.21 bits per heavy atom. The number of nitrogens with zero attached hydrogens (tertiary/aromatic N) is 3. The van der Waals surface area contributed by atoms with Gasteiger partial charge in [-0.25, -0.2) is 4.68 Å². The van der Waals surface area contributed by atoms with Crippen LogP contribution in [-0.4, -0.2) is 33.8 Å². The van der Waals surface area contributed by atoms with Gasteiger partial charge in [-0.15, -0.1) is 0 Å². The lowest BCUT2D eigenvalue weighted by Gasteiger charge is -2.19. The minimum absolute atomic E-state index is 0.251. The highest BCUT2D eigenvalue weighted by Crippen LogP contribution is 2.25. The molecule has 2 aromatic heterocycles. The topological polar surface area (TPSA) is 85.0 Å². The molecule has 2 N–H and O–H groups in total. The van der Waals surface area contributed by atoms with Crippen LogP contribution in [0.1, 0.15) is 47.6 Å². The Kier molecular flexibility index (Phi) is 5.25. The largest absolute Gasteiger partial charge is 0.451 e. The zero-order valence-corrected chi connectivity index (χ0v) is 16.2. The summed E-state index contributed by atoms with van der Waals surface area (Å²) in [6, 6.07) is 11.6. The van der Waals surface area contributed by atoms with E-state index in [1.165, 1.54) is 5.56 Å². The first-order valence-corrected chi connectivity index (χ1v) is 9.76. The molecule has 0 spiro atoms. The normalized spacial score (nSPS) is 14.9. The zero-order chi connectivity index (χ0) is 19.5. The Balaban J connectivity index is 1.46. The van der Waals surface area contributed by atoms with Gasteiger partial charge in [0.1, 0.15) is 5.76 Å². The number of aromatic nitrogens is 3. The zero-order valence-electron chi connectivity index (χ0n) is 16.2. The highest BCUT2D eigenvalue weighted by atomic mass is 16.3. The molecule has 7 heteroatoms. The van der Waals surface area contributed by atoms with Crippen LogP contribution < -0.4 is 10.6 Å². The third kappa shape index (κ3) is 3.84. The van der Waals surface area contributed by atoms with Crippen molar-refractivity contribution >= 4 is 11.9 Å². The first-order valence-electron chi connectivity index (χ1n) is 9.76. The van der Waals surface area contributed by atoms with Crippen LogP contribution in [0.2, 0.25) is 0 Å². The minimum atomic E-state index is -0.330. The van der Waals surface area contributed by atoms with E-state index in [4.69, 9.17) is 4.42 Å². The summed E-state index contributed by atoms with van der Waals surface area (Å²) in [6.45, 7) is 4.06. The number of anilines is 1. The Labute approximate surface area is 164 Å². The quantitative estimate of drug-likeness (QED) is 0.710. The van der Waals surface area contributed by atoms with Gasteiger partial charge in [-0.2, -0.15) is 10.1 Å². The lowest BCUT2D eigenvalue weighted by molar-refractivity contribution is 0.0996. The van der Waals surface area contributed by atoms with Crippen LogP contribution >= 0.6 is 0 Å². The van der Waals surface area contributed by atoms with Crippen LogP contribution in [0.3, 0.4) is 0 Å². The maximum Gasteiger partial charge on any atom is 0.293 e. The first kappa shape index (κ1) is 18.4. The third-order valence-corrected chi connectivity index (χ3v) is 5.19. The molecule has 7 nitrogen and oxygen atoms in total. The minimum Gasteiger partial charge on any atom is -0.451 e. The van der Waals surface area contributed by atoms with Gasteiger partial charge in [-0.05, 0) is 50.0 Å². The monoisotopic (exact) mass is 379 g/mol. The van der Waals surface area contributed by atoms with Crippen molar-refractivity contribution in [3.63, 3.8) is 0 Å². The molecule has 1 amide bonds. The maximum atomic E-state index is 12.6. The molecule has 0 saturated carbocycles. The molecule has 0 unspecified atom stereocenters. The summed E-state index contributed by atoms with van der Waals surface area (Å²) < 4.78 is 7.38. The fraction of sp³-hybridized carbons (Fsp3) is 0.381. The molecular weight excluding hydrogens is 354 g/mol. The van der Waals surface area contributed by atoms with Crippen molar-refractivity contribution < 1.29 is 9.21 Å². The highest BCUT2D eigenvalue weighted by Gasteiger charge is 2.22. The number of aryl methyl sites for hydroxylation is 2. The Morgan fingerprint density at radius 2 is 1.96 bits per heavy atom. The van der Waals surface area contributed by atoms with Gasteiger partial charge in [0.2, 0.25) is 5.95 Å². The number of amides is 1. The van der Waals surface area contributed by atoms with Crippen LogP contribution in [0.4, 0.5) is 5.95 Å².